The highest BCUT2D eigenvalue weighted by atomic mass is 16.3. The van der Waals surface area contributed by atoms with Crippen LogP contribution in [-0.4, -0.2) is 10.1 Å². The summed E-state index contributed by atoms with van der Waals surface area (Å²) in [5, 5.41) is 10.5. The normalized spacial score (nSPS) is 14.3. The summed E-state index contributed by atoms with van der Waals surface area (Å²) in [5.41, 5.74) is 2.35. The van der Waals surface area contributed by atoms with Gasteiger partial charge in [-0.25, -0.2) is 0 Å². The molecule has 17 heavy (non-hydrogen) atoms. The van der Waals surface area contributed by atoms with Gasteiger partial charge in [-0.1, -0.05) is 30.3 Å². The van der Waals surface area contributed by atoms with Crippen molar-refractivity contribution in [2.45, 2.75) is 25.9 Å². The summed E-state index contributed by atoms with van der Waals surface area (Å²) in [6, 6.07) is 11.9. The molecule has 88 valence electrons. The van der Waals surface area contributed by atoms with Crippen molar-refractivity contribution in [3.63, 3.8) is 0 Å². The average molecular weight is 227 g/mol. The van der Waals surface area contributed by atoms with Crippen LogP contribution in [0.1, 0.15) is 23.6 Å². The number of aromatic nitrogens is 1. The highest BCUT2D eigenvalue weighted by Crippen LogP contribution is 2.25. The number of pyridine rings is 1. The molecule has 0 aliphatic carbocycles. The Morgan fingerprint density at radius 1 is 1.18 bits per heavy atom. The van der Waals surface area contributed by atoms with Gasteiger partial charge < -0.3 is 5.11 Å². The Hall–Kier alpha value is -1.67. The Bertz CT molecular complexity index is 491. The maximum Gasteiger partial charge on any atom is 0.0923 e. The number of aryl methyl sites for hydroxylation is 1. The van der Waals surface area contributed by atoms with Crippen molar-refractivity contribution in [2.24, 2.45) is 0 Å². The maximum absolute atomic E-state index is 10.5. The van der Waals surface area contributed by atoms with Crippen molar-refractivity contribution in [1.29, 1.82) is 0 Å². The first kappa shape index (κ1) is 11.8. The minimum absolute atomic E-state index is 0.603. The van der Waals surface area contributed by atoms with E-state index in [1.807, 2.05) is 31.2 Å². The first-order chi connectivity index (χ1) is 8.09. The van der Waals surface area contributed by atoms with E-state index in [4.69, 9.17) is 0 Å². The third kappa shape index (κ3) is 2.71. The predicted molar refractivity (Wildman–Crippen MR) is 68.7 cm³/mol. The largest absolute Gasteiger partial charge is 0.385 e. The van der Waals surface area contributed by atoms with Crippen LogP contribution >= 0.6 is 0 Å². The van der Waals surface area contributed by atoms with Gasteiger partial charge >= 0.3 is 0 Å². The van der Waals surface area contributed by atoms with E-state index in [0.29, 0.717) is 6.42 Å². The third-order valence-corrected chi connectivity index (χ3v) is 3.08. The monoisotopic (exact) mass is 227 g/mol. The number of nitrogens with zero attached hydrogens (tertiary/aromatic N) is 1. The molecule has 2 rings (SSSR count). The lowest BCUT2D eigenvalue weighted by atomic mass is 9.88. The molecule has 1 unspecified atom stereocenters. The van der Waals surface area contributed by atoms with Gasteiger partial charge in [0.05, 0.1) is 5.60 Å². The molecule has 0 saturated heterocycles. The number of benzene rings is 1. The van der Waals surface area contributed by atoms with Crippen molar-refractivity contribution < 1.29 is 5.11 Å². The van der Waals surface area contributed by atoms with Crippen molar-refractivity contribution >= 4 is 0 Å². The second kappa shape index (κ2) is 4.68. The molecule has 1 aromatic heterocycles. The van der Waals surface area contributed by atoms with E-state index in [-0.39, 0.29) is 0 Å². The Morgan fingerprint density at radius 3 is 2.59 bits per heavy atom. The molecule has 0 radical (unpaired) electrons. The van der Waals surface area contributed by atoms with Crippen LogP contribution < -0.4 is 0 Å². The topological polar surface area (TPSA) is 33.1 Å². The average Bonchev–Trinajstić information content (AvgIpc) is 2.33. The first-order valence-electron chi connectivity index (χ1n) is 5.77. The minimum Gasteiger partial charge on any atom is -0.385 e. The molecule has 0 aliphatic rings. The molecule has 1 N–H and O–H groups in total. The molecule has 2 heteroatoms. The zero-order valence-corrected chi connectivity index (χ0v) is 10.2. The van der Waals surface area contributed by atoms with Gasteiger partial charge in [0.15, 0.2) is 0 Å². The van der Waals surface area contributed by atoms with Crippen LogP contribution in [0, 0.1) is 6.92 Å². The summed E-state index contributed by atoms with van der Waals surface area (Å²) in [6.45, 7) is 3.89. The fourth-order valence-corrected chi connectivity index (χ4v) is 1.96. The zero-order chi connectivity index (χ0) is 12.3. The van der Waals surface area contributed by atoms with Gasteiger partial charge in [-0.15, -0.1) is 0 Å². The van der Waals surface area contributed by atoms with Gasteiger partial charge in [0.1, 0.15) is 0 Å². The number of aliphatic hydroxyl groups is 1. The summed E-state index contributed by atoms with van der Waals surface area (Å²) in [4.78, 5) is 4.06. The van der Waals surface area contributed by atoms with Gasteiger partial charge in [-0.2, -0.15) is 0 Å². The standard InChI is InChI=1S/C15H17NO/c1-12-6-3-4-7-13(12)10-15(2,17)14-8-5-9-16-11-14/h3-9,11,17H,10H2,1-2H3. The van der Waals surface area contributed by atoms with Crippen LogP contribution in [-0.2, 0) is 12.0 Å². The van der Waals surface area contributed by atoms with Crippen LogP contribution in [0.3, 0.4) is 0 Å². The second-order valence-electron chi connectivity index (χ2n) is 4.62. The van der Waals surface area contributed by atoms with Crippen molar-refractivity contribution in [1.82, 2.24) is 4.98 Å². The van der Waals surface area contributed by atoms with Crippen molar-refractivity contribution in [3.05, 3.63) is 65.5 Å². The highest BCUT2D eigenvalue weighted by Gasteiger charge is 2.24. The fraction of sp³-hybridized carbons (Fsp3) is 0.267. The highest BCUT2D eigenvalue weighted by molar-refractivity contribution is 5.29. The first-order valence-corrected chi connectivity index (χ1v) is 5.77. The van der Waals surface area contributed by atoms with Gasteiger partial charge in [0, 0.05) is 24.4 Å². The summed E-state index contributed by atoms with van der Waals surface area (Å²) in [5.74, 6) is 0. The molecule has 1 aromatic carbocycles. The summed E-state index contributed by atoms with van der Waals surface area (Å²) >= 11 is 0. The summed E-state index contributed by atoms with van der Waals surface area (Å²) in [6.07, 6.45) is 4.04. The SMILES string of the molecule is Cc1ccccc1CC(C)(O)c1cccnc1. The Morgan fingerprint density at radius 2 is 1.94 bits per heavy atom. The van der Waals surface area contributed by atoms with Crippen LogP contribution in [0.15, 0.2) is 48.8 Å². The second-order valence-corrected chi connectivity index (χ2v) is 4.62. The fourth-order valence-electron chi connectivity index (χ4n) is 1.96. The van der Waals surface area contributed by atoms with Gasteiger partial charge in [0.25, 0.3) is 0 Å². The number of hydrogen-bond donors (Lipinski definition) is 1. The van der Waals surface area contributed by atoms with Crippen LogP contribution in [0.4, 0.5) is 0 Å². The molecule has 0 amide bonds. The predicted octanol–water partition coefficient (Wildman–Crippen LogP) is 2.84. The lowest BCUT2D eigenvalue weighted by Crippen LogP contribution is -2.24. The molecule has 0 spiro atoms. The lowest BCUT2D eigenvalue weighted by Gasteiger charge is -2.24. The van der Waals surface area contributed by atoms with E-state index in [9.17, 15) is 5.11 Å². The number of hydrogen-bond acceptors (Lipinski definition) is 2. The molecular weight excluding hydrogens is 210 g/mol. The van der Waals surface area contributed by atoms with Crippen LogP contribution in [0.5, 0.6) is 0 Å². The van der Waals surface area contributed by atoms with E-state index >= 15 is 0 Å². The maximum atomic E-state index is 10.5. The van der Waals surface area contributed by atoms with E-state index in [2.05, 4.69) is 24.0 Å². The van der Waals surface area contributed by atoms with Crippen molar-refractivity contribution in [3.8, 4) is 0 Å². The quantitative estimate of drug-likeness (QED) is 0.874. The number of rotatable bonds is 3. The third-order valence-electron chi connectivity index (χ3n) is 3.08. The van der Waals surface area contributed by atoms with E-state index in [1.165, 1.54) is 11.1 Å². The molecule has 1 atom stereocenters. The molecule has 2 nitrogen and oxygen atoms in total. The molecule has 0 saturated carbocycles. The molecular formula is C15H17NO. The molecule has 1 heterocycles. The summed E-state index contributed by atoms with van der Waals surface area (Å²) < 4.78 is 0. The Kier molecular flexibility index (Phi) is 3.25. The zero-order valence-electron chi connectivity index (χ0n) is 10.2. The smallest absolute Gasteiger partial charge is 0.0923 e. The Balaban J connectivity index is 2.27. The van der Waals surface area contributed by atoms with Gasteiger partial charge in [0.2, 0.25) is 0 Å². The molecule has 0 bridgehead atoms. The summed E-state index contributed by atoms with van der Waals surface area (Å²) in [7, 11) is 0. The molecule has 0 fully saturated rings. The van der Waals surface area contributed by atoms with Crippen LogP contribution in [0.2, 0.25) is 0 Å². The minimum atomic E-state index is -0.875. The van der Waals surface area contributed by atoms with Crippen LogP contribution in [0.25, 0.3) is 0 Å². The van der Waals surface area contributed by atoms with E-state index in [1.54, 1.807) is 12.4 Å². The van der Waals surface area contributed by atoms with E-state index in [0.717, 1.165) is 5.56 Å². The Labute approximate surface area is 102 Å². The van der Waals surface area contributed by atoms with Gasteiger partial charge in [-0.3, -0.25) is 4.98 Å². The molecule has 2 aromatic rings. The van der Waals surface area contributed by atoms with Crippen molar-refractivity contribution in [2.75, 3.05) is 0 Å². The van der Waals surface area contributed by atoms with E-state index < -0.39 is 5.60 Å². The molecule has 0 aliphatic heterocycles. The van der Waals surface area contributed by atoms with Gasteiger partial charge in [-0.05, 0) is 31.0 Å². The lowest BCUT2D eigenvalue weighted by molar-refractivity contribution is 0.0571.